The summed E-state index contributed by atoms with van der Waals surface area (Å²) in [5.74, 6) is 0. The van der Waals surface area contributed by atoms with Gasteiger partial charge < -0.3 is 4.57 Å². The van der Waals surface area contributed by atoms with E-state index in [0.717, 1.165) is 0 Å². The smallest absolute Gasteiger partial charge is 0.0951 e. The van der Waals surface area contributed by atoms with Gasteiger partial charge in [0.25, 0.3) is 0 Å². The quantitative estimate of drug-likeness (QED) is 0.718. The summed E-state index contributed by atoms with van der Waals surface area (Å²) >= 11 is 0. The lowest BCUT2D eigenvalue weighted by atomic mass is 9.71. The summed E-state index contributed by atoms with van der Waals surface area (Å²) in [5.41, 5.74) is 0.419. The molecule has 2 heteroatoms. The third-order valence-corrected chi connectivity index (χ3v) is 3.68. The summed E-state index contributed by atoms with van der Waals surface area (Å²) in [4.78, 5) is 4.13. The normalized spacial score (nSPS) is 13.2. The Hall–Kier alpha value is -0.790. The molecular formula is C12H22N2. The topological polar surface area (TPSA) is 17.8 Å². The lowest BCUT2D eigenvalue weighted by Gasteiger charge is -2.42. The van der Waals surface area contributed by atoms with Crippen LogP contribution in [-0.4, -0.2) is 9.55 Å². The van der Waals surface area contributed by atoms with Crippen LogP contribution in [-0.2, 0) is 5.54 Å². The van der Waals surface area contributed by atoms with Crippen molar-refractivity contribution in [3.8, 4) is 0 Å². The van der Waals surface area contributed by atoms with E-state index in [4.69, 9.17) is 0 Å². The molecule has 1 aromatic rings. The Bertz CT molecular complexity index is 271. The van der Waals surface area contributed by atoms with Gasteiger partial charge in [0.15, 0.2) is 0 Å². The molecule has 1 rings (SSSR count). The summed E-state index contributed by atoms with van der Waals surface area (Å²) in [7, 11) is 0. The van der Waals surface area contributed by atoms with E-state index < -0.39 is 0 Å². The summed E-state index contributed by atoms with van der Waals surface area (Å²) in [6.45, 7) is 11.5. The fourth-order valence-corrected chi connectivity index (χ4v) is 1.87. The second-order valence-corrected chi connectivity index (χ2v) is 5.16. The van der Waals surface area contributed by atoms with Gasteiger partial charge in [0.1, 0.15) is 0 Å². The zero-order valence-electron chi connectivity index (χ0n) is 10.0. The largest absolute Gasteiger partial charge is 0.331 e. The third kappa shape index (κ3) is 1.84. The highest BCUT2D eigenvalue weighted by atomic mass is 15.1. The van der Waals surface area contributed by atoms with Gasteiger partial charge in [-0.1, -0.05) is 27.2 Å². The molecule has 14 heavy (non-hydrogen) atoms. The van der Waals surface area contributed by atoms with Crippen molar-refractivity contribution < 1.29 is 0 Å². The molecular weight excluding hydrogens is 172 g/mol. The van der Waals surface area contributed by atoms with Gasteiger partial charge in [0.05, 0.1) is 6.33 Å². The van der Waals surface area contributed by atoms with Crippen molar-refractivity contribution in [2.45, 2.75) is 53.0 Å². The molecule has 0 aliphatic rings. The molecule has 0 saturated heterocycles. The highest BCUT2D eigenvalue weighted by Gasteiger charge is 2.37. The van der Waals surface area contributed by atoms with E-state index in [2.05, 4.69) is 50.4 Å². The van der Waals surface area contributed by atoms with E-state index >= 15 is 0 Å². The van der Waals surface area contributed by atoms with E-state index in [-0.39, 0.29) is 5.54 Å². The van der Waals surface area contributed by atoms with Gasteiger partial charge in [0.2, 0.25) is 0 Å². The first-order chi connectivity index (χ1) is 6.42. The van der Waals surface area contributed by atoms with Crippen LogP contribution in [0.2, 0.25) is 0 Å². The Morgan fingerprint density at radius 2 is 1.86 bits per heavy atom. The van der Waals surface area contributed by atoms with Crippen molar-refractivity contribution in [3.05, 3.63) is 18.7 Å². The minimum atomic E-state index is 0.125. The van der Waals surface area contributed by atoms with Gasteiger partial charge in [-0.3, -0.25) is 0 Å². The molecule has 0 bridgehead atoms. The predicted molar refractivity (Wildman–Crippen MR) is 60.2 cm³/mol. The molecule has 0 aliphatic carbocycles. The molecule has 0 N–H and O–H groups in total. The zero-order chi connectivity index (χ0) is 10.8. The molecule has 1 heterocycles. The Labute approximate surface area is 87.4 Å². The van der Waals surface area contributed by atoms with E-state index in [9.17, 15) is 0 Å². The molecule has 2 nitrogen and oxygen atoms in total. The highest BCUT2D eigenvalue weighted by Crippen LogP contribution is 2.40. The second kappa shape index (κ2) is 3.76. The average Bonchev–Trinajstić information content (AvgIpc) is 2.55. The van der Waals surface area contributed by atoms with Crippen LogP contribution in [0, 0.1) is 5.41 Å². The van der Waals surface area contributed by atoms with Crippen LogP contribution in [0.4, 0.5) is 0 Å². The van der Waals surface area contributed by atoms with Gasteiger partial charge in [-0.2, -0.15) is 0 Å². The van der Waals surface area contributed by atoms with Crippen molar-refractivity contribution in [2.75, 3.05) is 0 Å². The van der Waals surface area contributed by atoms with E-state index in [0.29, 0.717) is 5.41 Å². The average molecular weight is 194 g/mol. The van der Waals surface area contributed by atoms with Crippen molar-refractivity contribution >= 4 is 0 Å². The predicted octanol–water partition coefficient (Wildman–Crippen LogP) is 3.44. The monoisotopic (exact) mass is 194 g/mol. The van der Waals surface area contributed by atoms with Crippen molar-refractivity contribution in [1.82, 2.24) is 9.55 Å². The minimum absolute atomic E-state index is 0.125. The van der Waals surface area contributed by atoms with Crippen LogP contribution in [0.3, 0.4) is 0 Å². The lowest BCUT2D eigenvalue weighted by molar-refractivity contribution is 0.106. The molecule has 0 aliphatic heterocycles. The van der Waals surface area contributed by atoms with Crippen LogP contribution in [0.15, 0.2) is 18.7 Å². The Morgan fingerprint density at radius 3 is 2.29 bits per heavy atom. The first-order valence-corrected chi connectivity index (χ1v) is 5.40. The van der Waals surface area contributed by atoms with Crippen LogP contribution in [0.25, 0.3) is 0 Å². The Morgan fingerprint density at radius 1 is 1.21 bits per heavy atom. The van der Waals surface area contributed by atoms with Gasteiger partial charge in [0, 0.05) is 17.9 Å². The maximum Gasteiger partial charge on any atom is 0.0951 e. The van der Waals surface area contributed by atoms with Gasteiger partial charge in [-0.15, -0.1) is 0 Å². The van der Waals surface area contributed by atoms with Crippen LogP contribution in [0.5, 0.6) is 0 Å². The highest BCUT2D eigenvalue weighted by molar-refractivity contribution is 4.95. The summed E-state index contributed by atoms with van der Waals surface area (Å²) in [5, 5.41) is 0. The van der Waals surface area contributed by atoms with E-state index in [1.54, 1.807) is 0 Å². The molecule has 0 radical (unpaired) electrons. The van der Waals surface area contributed by atoms with Gasteiger partial charge >= 0.3 is 0 Å². The number of hydrogen-bond acceptors (Lipinski definition) is 1. The molecule has 80 valence electrons. The number of nitrogens with zero attached hydrogens (tertiary/aromatic N) is 2. The molecule has 0 atom stereocenters. The third-order valence-electron chi connectivity index (χ3n) is 3.68. The van der Waals surface area contributed by atoms with Crippen LogP contribution < -0.4 is 0 Å². The number of hydrogen-bond donors (Lipinski definition) is 0. The SMILES string of the molecule is CCCC(C)(C)C(C)(C)n1ccnc1. The standard InChI is InChI=1S/C12H22N2/c1-6-7-11(2,3)12(4,5)14-9-8-13-10-14/h8-10H,6-7H2,1-5H3. The van der Waals surface area contributed by atoms with Gasteiger partial charge in [-0.05, 0) is 25.7 Å². The van der Waals surface area contributed by atoms with Crippen molar-refractivity contribution in [2.24, 2.45) is 5.41 Å². The first kappa shape index (κ1) is 11.3. The number of aromatic nitrogens is 2. The van der Waals surface area contributed by atoms with Gasteiger partial charge in [-0.25, -0.2) is 4.98 Å². The zero-order valence-corrected chi connectivity index (χ0v) is 10.0. The molecule has 1 aromatic heterocycles. The van der Waals surface area contributed by atoms with Crippen molar-refractivity contribution in [3.63, 3.8) is 0 Å². The van der Waals surface area contributed by atoms with Crippen LogP contribution >= 0.6 is 0 Å². The fraction of sp³-hybridized carbons (Fsp3) is 0.750. The summed E-state index contributed by atoms with van der Waals surface area (Å²) < 4.78 is 2.21. The lowest BCUT2D eigenvalue weighted by Crippen LogP contribution is -2.41. The number of imidazole rings is 1. The molecule has 0 spiro atoms. The summed E-state index contributed by atoms with van der Waals surface area (Å²) in [6.07, 6.45) is 8.28. The maximum atomic E-state index is 4.13. The molecule has 0 amide bonds. The summed E-state index contributed by atoms with van der Waals surface area (Å²) in [6, 6.07) is 0. The molecule has 0 unspecified atom stereocenters. The van der Waals surface area contributed by atoms with Crippen LogP contribution in [0.1, 0.15) is 47.5 Å². The Balaban J connectivity index is 2.94. The van der Waals surface area contributed by atoms with E-state index in [1.807, 2.05) is 12.5 Å². The number of rotatable bonds is 4. The second-order valence-electron chi connectivity index (χ2n) is 5.16. The van der Waals surface area contributed by atoms with Crippen molar-refractivity contribution in [1.29, 1.82) is 0 Å². The molecule has 0 fully saturated rings. The fourth-order valence-electron chi connectivity index (χ4n) is 1.87. The Kier molecular flexibility index (Phi) is 3.03. The molecule has 0 aromatic carbocycles. The maximum absolute atomic E-state index is 4.13. The molecule has 0 saturated carbocycles. The van der Waals surface area contributed by atoms with E-state index in [1.165, 1.54) is 12.8 Å². The minimum Gasteiger partial charge on any atom is -0.331 e. The first-order valence-electron chi connectivity index (χ1n) is 5.40.